The van der Waals surface area contributed by atoms with Crippen LogP contribution in [-0.2, 0) is 12.8 Å². The maximum Gasteiger partial charge on any atom is 0.292 e. The summed E-state index contributed by atoms with van der Waals surface area (Å²) >= 11 is 5.79. The predicted molar refractivity (Wildman–Crippen MR) is 59.8 cm³/mol. The second kappa shape index (κ2) is 4.36. The van der Waals surface area contributed by atoms with Crippen molar-refractivity contribution in [2.75, 3.05) is 5.73 Å². The lowest BCUT2D eigenvalue weighted by Crippen LogP contribution is -1.89. The number of nitrogens with zero attached hydrogens (tertiary/aromatic N) is 1. The third-order valence-corrected chi connectivity index (χ3v) is 2.40. The van der Waals surface area contributed by atoms with Gasteiger partial charge in [-0.25, -0.2) is 4.98 Å². The zero-order valence-electron chi connectivity index (χ0n) is 8.11. The van der Waals surface area contributed by atoms with E-state index in [9.17, 15) is 0 Å². The lowest BCUT2D eigenvalue weighted by atomic mass is 10.1. The molecule has 0 amide bonds. The molecule has 0 aliphatic heterocycles. The number of anilines is 1. The fraction of sp³-hybridized carbons (Fsp3) is 0.182. The highest BCUT2D eigenvalue weighted by Gasteiger charge is 2.01. The summed E-state index contributed by atoms with van der Waals surface area (Å²) in [6.45, 7) is 0. The summed E-state index contributed by atoms with van der Waals surface area (Å²) in [5.74, 6) is 0.808. The van der Waals surface area contributed by atoms with E-state index in [4.69, 9.17) is 21.8 Å². The molecule has 2 rings (SSSR count). The van der Waals surface area contributed by atoms with Crippen LogP contribution in [0.15, 0.2) is 34.9 Å². The number of oxazole rings is 1. The van der Waals surface area contributed by atoms with Crippen LogP contribution in [0.4, 0.5) is 6.01 Å². The van der Waals surface area contributed by atoms with E-state index in [2.05, 4.69) is 4.98 Å². The Hall–Kier alpha value is -1.48. The average Bonchev–Trinajstić information content (AvgIpc) is 2.64. The molecule has 0 atom stereocenters. The first-order valence-corrected chi connectivity index (χ1v) is 5.06. The number of rotatable bonds is 3. The number of benzene rings is 1. The summed E-state index contributed by atoms with van der Waals surface area (Å²) in [6, 6.07) is 7.99. The van der Waals surface area contributed by atoms with E-state index in [0.717, 1.165) is 23.6 Å². The number of halogens is 1. The molecule has 0 bridgehead atoms. The van der Waals surface area contributed by atoms with Crippen LogP contribution < -0.4 is 5.73 Å². The number of hydrogen-bond acceptors (Lipinski definition) is 3. The van der Waals surface area contributed by atoms with Crippen molar-refractivity contribution in [2.24, 2.45) is 0 Å². The molecule has 0 saturated carbocycles. The second-order valence-electron chi connectivity index (χ2n) is 3.29. The summed E-state index contributed by atoms with van der Waals surface area (Å²) in [4.78, 5) is 3.83. The maximum absolute atomic E-state index is 5.79. The van der Waals surface area contributed by atoms with E-state index < -0.39 is 0 Å². The minimum atomic E-state index is 0.223. The lowest BCUT2D eigenvalue weighted by molar-refractivity contribution is 0.522. The molecule has 0 aliphatic carbocycles. The van der Waals surface area contributed by atoms with Crippen LogP contribution in [0.2, 0.25) is 5.02 Å². The summed E-state index contributed by atoms with van der Waals surface area (Å²) in [6.07, 6.45) is 3.35. The van der Waals surface area contributed by atoms with Crippen LogP contribution in [0, 0.1) is 0 Å². The quantitative estimate of drug-likeness (QED) is 0.869. The Labute approximate surface area is 92.9 Å². The van der Waals surface area contributed by atoms with Crippen molar-refractivity contribution in [3.63, 3.8) is 0 Å². The number of aryl methyl sites for hydroxylation is 2. The van der Waals surface area contributed by atoms with Gasteiger partial charge in [-0.2, -0.15) is 0 Å². The third kappa shape index (κ3) is 2.73. The standard InChI is InChI=1S/C11H11ClN2O/c12-9-4-1-8(2-5-9)3-6-10-7-14-11(13)15-10/h1-2,4-5,7H,3,6H2,(H2,13,14). The Morgan fingerprint density at radius 2 is 1.93 bits per heavy atom. The normalized spacial score (nSPS) is 10.5. The van der Waals surface area contributed by atoms with Crippen molar-refractivity contribution >= 4 is 17.6 Å². The van der Waals surface area contributed by atoms with Crippen molar-refractivity contribution in [2.45, 2.75) is 12.8 Å². The summed E-state index contributed by atoms with van der Waals surface area (Å²) in [7, 11) is 0. The predicted octanol–water partition coefficient (Wildman–Crippen LogP) is 2.70. The summed E-state index contributed by atoms with van der Waals surface area (Å²) in [5.41, 5.74) is 6.59. The van der Waals surface area contributed by atoms with Gasteiger partial charge in [0, 0.05) is 11.4 Å². The van der Waals surface area contributed by atoms with Crippen LogP contribution >= 0.6 is 11.6 Å². The molecule has 3 nitrogen and oxygen atoms in total. The van der Waals surface area contributed by atoms with Gasteiger partial charge in [0.25, 0.3) is 6.01 Å². The summed E-state index contributed by atoms with van der Waals surface area (Å²) < 4.78 is 5.17. The fourth-order valence-corrected chi connectivity index (χ4v) is 1.48. The van der Waals surface area contributed by atoms with Gasteiger partial charge in [-0.3, -0.25) is 0 Å². The van der Waals surface area contributed by atoms with Gasteiger partial charge in [-0.05, 0) is 24.1 Å². The van der Waals surface area contributed by atoms with Gasteiger partial charge in [0.05, 0.1) is 6.20 Å². The van der Waals surface area contributed by atoms with Crippen LogP contribution in [-0.4, -0.2) is 4.98 Å². The first-order chi connectivity index (χ1) is 7.24. The Morgan fingerprint density at radius 3 is 2.53 bits per heavy atom. The number of nitrogen functional groups attached to an aromatic ring is 1. The van der Waals surface area contributed by atoms with E-state index in [1.807, 2.05) is 24.3 Å². The molecule has 0 fully saturated rings. The van der Waals surface area contributed by atoms with Gasteiger partial charge in [0.2, 0.25) is 0 Å². The van der Waals surface area contributed by atoms with E-state index >= 15 is 0 Å². The topological polar surface area (TPSA) is 52.0 Å². The Morgan fingerprint density at radius 1 is 1.20 bits per heavy atom. The van der Waals surface area contributed by atoms with Crippen molar-refractivity contribution in [3.8, 4) is 0 Å². The minimum absolute atomic E-state index is 0.223. The SMILES string of the molecule is Nc1ncc(CCc2ccc(Cl)cc2)o1. The van der Waals surface area contributed by atoms with E-state index in [1.54, 1.807) is 6.20 Å². The zero-order chi connectivity index (χ0) is 10.7. The van der Waals surface area contributed by atoms with Gasteiger partial charge in [-0.1, -0.05) is 23.7 Å². The molecule has 2 N–H and O–H groups in total. The molecule has 2 aromatic rings. The Bertz CT molecular complexity index is 436. The molecule has 15 heavy (non-hydrogen) atoms. The number of hydrogen-bond donors (Lipinski definition) is 1. The molecule has 0 saturated heterocycles. The van der Waals surface area contributed by atoms with Gasteiger partial charge in [0.1, 0.15) is 5.76 Å². The van der Waals surface area contributed by atoms with Gasteiger partial charge < -0.3 is 10.2 Å². The van der Waals surface area contributed by atoms with Crippen molar-refractivity contribution < 1.29 is 4.42 Å². The highest BCUT2D eigenvalue weighted by molar-refractivity contribution is 6.30. The fourth-order valence-electron chi connectivity index (χ4n) is 1.36. The van der Waals surface area contributed by atoms with Crippen LogP contribution in [0.5, 0.6) is 0 Å². The zero-order valence-corrected chi connectivity index (χ0v) is 8.87. The molecule has 0 aliphatic rings. The number of nitrogens with two attached hydrogens (primary N) is 1. The lowest BCUT2D eigenvalue weighted by Gasteiger charge is -1.98. The Balaban J connectivity index is 1.96. The van der Waals surface area contributed by atoms with Gasteiger partial charge >= 0.3 is 0 Å². The smallest absolute Gasteiger partial charge is 0.292 e. The molecule has 1 aromatic heterocycles. The maximum atomic E-state index is 5.79. The molecular formula is C11H11ClN2O. The minimum Gasteiger partial charge on any atom is -0.429 e. The van der Waals surface area contributed by atoms with Crippen molar-refractivity contribution in [1.29, 1.82) is 0 Å². The first-order valence-electron chi connectivity index (χ1n) is 4.68. The van der Waals surface area contributed by atoms with Gasteiger partial charge in [-0.15, -0.1) is 0 Å². The molecule has 1 aromatic carbocycles. The number of aromatic nitrogens is 1. The molecule has 0 spiro atoms. The van der Waals surface area contributed by atoms with Gasteiger partial charge in [0.15, 0.2) is 0 Å². The molecule has 4 heteroatoms. The van der Waals surface area contributed by atoms with Crippen molar-refractivity contribution in [1.82, 2.24) is 4.98 Å². The van der Waals surface area contributed by atoms with Crippen LogP contribution in [0.1, 0.15) is 11.3 Å². The molecular weight excluding hydrogens is 212 g/mol. The molecule has 1 heterocycles. The monoisotopic (exact) mass is 222 g/mol. The average molecular weight is 223 g/mol. The highest BCUT2D eigenvalue weighted by Crippen LogP contribution is 2.13. The largest absolute Gasteiger partial charge is 0.429 e. The summed E-state index contributed by atoms with van der Waals surface area (Å²) in [5, 5.41) is 0.752. The molecule has 78 valence electrons. The van der Waals surface area contributed by atoms with E-state index in [0.29, 0.717) is 0 Å². The highest BCUT2D eigenvalue weighted by atomic mass is 35.5. The second-order valence-corrected chi connectivity index (χ2v) is 3.73. The molecule has 0 radical (unpaired) electrons. The van der Waals surface area contributed by atoms with Crippen LogP contribution in [0.25, 0.3) is 0 Å². The molecule has 0 unspecified atom stereocenters. The Kier molecular flexibility index (Phi) is 2.92. The van der Waals surface area contributed by atoms with Crippen LogP contribution in [0.3, 0.4) is 0 Å². The van der Waals surface area contributed by atoms with E-state index in [1.165, 1.54) is 5.56 Å². The van der Waals surface area contributed by atoms with E-state index in [-0.39, 0.29) is 6.01 Å². The van der Waals surface area contributed by atoms with Crippen molar-refractivity contribution in [3.05, 3.63) is 46.8 Å². The first kappa shape index (κ1) is 10.1. The third-order valence-electron chi connectivity index (χ3n) is 2.14.